The Balaban J connectivity index is 2.00. The van der Waals surface area contributed by atoms with Gasteiger partial charge in [0.25, 0.3) is 0 Å². The van der Waals surface area contributed by atoms with E-state index in [2.05, 4.69) is 6.58 Å². The Bertz CT molecular complexity index is 835. The Morgan fingerprint density at radius 1 is 1.04 bits per heavy atom. The van der Waals surface area contributed by atoms with Crippen molar-refractivity contribution in [2.45, 2.75) is 26.6 Å². The van der Waals surface area contributed by atoms with Crippen LogP contribution < -0.4 is 0 Å². The molecule has 1 aliphatic carbocycles. The molecule has 24 heavy (non-hydrogen) atoms. The second-order valence-electron chi connectivity index (χ2n) is 5.85. The molecule has 0 aromatic heterocycles. The molecule has 2 aromatic carbocycles. The first-order valence-corrected chi connectivity index (χ1v) is 7.69. The molecule has 1 unspecified atom stereocenters. The largest absolute Gasteiger partial charge is 0.461 e. The van der Waals surface area contributed by atoms with E-state index in [0.717, 1.165) is 27.8 Å². The molecular formula is C20H18O4. The summed E-state index contributed by atoms with van der Waals surface area (Å²) in [7, 11) is 0. The Labute approximate surface area is 140 Å². The van der Waals surface area contributed by atoms with Crippen molar-refractivity contribution >= 4 is 11.9 Å². The lowest BCUT2D eigenvalue weighted by Gasteiger charge is -2.15. The van der Waals surface area contributed by atoms with E-state index in [-0.39, 0.29) is 12.6 Å². The molecule has 0 saturated heterocycles. The number of hydrogen-bond donors (Lipinski definition) is 0. The number of fused-ring (bicyclic) bond motifs is 3. The van der Waals surface area contributed by atoms with Gasteiger partial charge in [-0.15, -0.1) is 0 Å². The third-order valence-electron chi connectivity index (χ3n) is 3.95. The maximum absolute atomic E-state index is 12.0. The second kappa shape index (κ2) is 6.32. The number of ether oxygens (including phenoxy) is 2. The first kappa shape index (κ1) is 16.0. The van der Waals surface area contributed by atoms with Crippen LogP contribution in [0.1, 0.15) is 36.6 Å². The Morgan fingerprint density at radius 3 is 2.46 bits per heavy atom. The van der Waals surface area contributed by atoms with Gasteiger partial charge in [-0.05, 0) is 29.7 Å². The van der Waals surface area contributed by atoms with Gasteiger partial charge in [0.1, 0.15) is 6.61 Å². The van der Waals surface area contributed by atoms with Crippen molar-refractivity contribution in [3.05, 3.63) is 71.3 Å². The van der Waals surface area contributed by atoms with Crippen molar-refractivity contribution in [3.63, 3.8) is 0 Å². The Morgan fingerprint density at radius 2 is 1.75 bits per heavy atom. The maximum atomic E-state index is 12.0. The summed E-state index contributed by atoms with van der Waals surface area (Å²) in [5, 5.41) is 0. The Hall–Kier alpha value is -2.88. The summed E-state index contributed by atoms with van der Waals surface area (Å²) >= 11 is 0. The summed E-state index contributed by atoms with van der Waals surface area (Å²) < 4.78 is 10.7. The molecule has 4 heteroatoms. The molecule has 0 aliphatic heterocycles. The van der Waals surface area contributed by atoms with E-state index in [4.69, 9.17) is 9.47 Å². The first-order valence-electron chi connectivity index (χ1n) is 7.69. The normalized spacial score (nSPS) is 14.5. The van der Waals surface area contributed by atoms with Crippen LogP contribution in [0.2, 0.25) is 0 Å². The molecule has 0 amide bonds. The molecule has 0 saturated carbocycles. The van der Waals surface area contributed by atoms with Crippen LogP contribution >= 0.6 is 0 Å². The molecule has 3 rings (SSSR count). The number of carbonyl (C=O) groups is 2. The molecular weight excluding hydrogens is 304 g/mol. The van der Waals surface area contributed by atoms with Gasteiger partial charge < -0.3 is 9.47 Å². The zero-order chi connectivity index (χ0) is 17.3. The molecule has 0 spiro atoms. The summed E-state index contributed by atoms with van der Waals surface area (Å²) in [4.78, 5) is 23.0. The van der Waals surface area contributed by atoms with Crippen LogP contribution in [0.25, 0.3) is 11.1 Å². The highest BCUT2D eigenvalue weighted by Gasteiger charge is 2.31. The second-order valence-corrected chi connectivity index (χ2v) is 5.85. The standard InChI is InChI=1S/C20H18O4/c1-12(2)20(22)24-19-16-7-5-4-6-15(16)18-10-14(8-9-17(18)19)11-23-13(3)21/h4-10,19H,1,11H2,2-3H3. The van der Waals surface area contributed by atoms with Gasteiger partial charge in [0, 0.05) is 23.6 Å². The molecule has 122 valence electrons. The average Bonchev–Trinajstić information content (AvgIpc) is 2.87. The summed E-state index contributed by atoms with van der Waals surface area (Å²) in [6.07, 6.45) is -0.442. The molecule has 0 radical (unpaired) electrons. The van der Waals surface area contributed by atoms with E-state index in [0.29, 0.717) is 5.57 Å². The number of esters is 2. The maximum Gasteiger partial charge on any atom is 0.334 e. The number of carbonyl (C=O) groups excluding carboxylic acids is 2. The van der Waals surface area contributed by atoms with Crippen molar-refractivity contribution in [2.24, 2.45) is 0 Å². The monoisotopic (exact) mass is 322 g/mol. The van der Waals surface area contributed by atoms with E-state index in [1.807, 2.05) is 42.5 Å². The summed E-state index contributed by atoms with van der Waals surface area (Å²) in [5.41, 5.74) is 5.16. The van der Waals surface area contributed by atoms with E-state index in [9.17, 15) is 9.59 Å². The van der Waals surface area contributed by atoms with Crippen LogP contribution in [0.15, 0.2) is 54.6 Å². The van der Waals surface area contributed by atoms with Crippen LogP contribution in [0.4, 0.5) is 0 Å². The molecule has 0 fully saturated rings. The first-order chi connectivity index (χ1) is 11.5. The number of benzene rings is 2. The van der Waals surface area contributed by atoms with E-state index in [1.165, 1.54) is 6.92 Å². The zero-order valence-electron chi connectivity index (χ0n) is 13.7. The van der Waals surface area contributed by atoms with Crippen molar-refractivity contribution in [1.29, 1.82) is 0 Å². The van der Waals surface area contributed by atoms with Crippen LogP contribution in [0.5, 0.6) is 0 Å². The topological polar surface area (TPSA) is 52.6 Å². The lowest BCUT2D eigenvalue weighted by molar-refractivity contribution is -0.143. The van der Waals surface area contributed by atoms with Crippen LogP contribution in [-0.2, 0) is 25.7 Å². The minimum atomic E-state index is -0.442. The lowest BCUT2D eigenvalue weighted by atomic mass is 10.0. The van der Waals surface area contributed by atoms with Gasteiger partial charge in [-0.1, -0.05) is 43.0 Å². The lowest BCUT2D eigenvalue weighted by Crippen LogP contribution is -2.11. The average molecular weight is 322 g/mol. The summed E-state index contributed by atoms with van der Waals surface area (Å²) in [5.74, 6) is -0.726. The molecule has 2 aromatic rings. The molecule has 4 nitrogen and oxygen atoms in total. The smallest absolute Gasteiger partial charge is 0.334 e. The highest BCUT2D eigenvalue weighted by molar-refractivity contribution is 5.88. The molecule has 1 aliphatic rings. The fourth-order valence-corrected chi connectivity index (χ4v) is 2.81. The quantitative estimate of drug-likeness (QED) is 0.632. The van der Waals surface area contributed by atoms with E-state index >= 15 is 0 Å². The molecule has 0 N–H and O–H groups in total. The van der Waals surface area contributed by atoms with E-state index < -0.39 is 12.1 Å². The zero-order valence-corrected chi connectivity index (χ0v) is 13.7. The van der Waals surface area contributed by atoms with Gasteiger partial charge in [0.05, 0.1) is 0 Å². The van der Waals surface area contributed by atoms with Crippen molar-refractivity contribution < 1.29 is 19.1 Å². The number of rotatable bonds is 4. The van der Waals surface area contributed by atoms with Crippen LogP contribution in [0, 0.1) is 0 Å². The fourth-order valence-electron chi connectivity index (χ4n) is 2.81. The minimum Gasteiger partial charge on any atom is -0.461 e. The van der Waals surface area contributed by atoms with Gasteiger partial charge in [0.2, 0.25) is 0 Å². The van der Waals surface area contributed by atoms with Crippen LogP contribution in [0.3, 0.4) is 0 Å². The third kappa shape index (κ3) is 2.95. The van der Waals surface area contributed by atoms with Crippen molar-refractivity contribution in [2.75, 3.05) is 0 Å². The number of hydrogen-bond acceptors (Lipinski definition) is 4. The van der Waals surface area contributed by atoms with Gasteiger partial charge in [-0.2, -0.15) is 0 Å². The highest BCUT2D eigenvalue weighted by atomic mass is 16.5. The van der Waals surface area contributed by atoms with Gasteiger partial charge >= 0.3 is 11.9 Å². The van der Waals surface area contributed by atoms with Crippen molar-refractivity contribution in [1.82, 2.24) is 0 Å². The summed E-state index contributed by atoms with van der Waals surface area (Å²) in [6.45, 7) is 6.88. The minimum absolute atomic E-state index is 0.223. The summed E-state index contributed by atoms with van der Waals surface area (Å²) in [6, 6.07) is 13.6. The van der Waals surface area contributed by atoms with Crippen molar-refractivity contribution in [3.8, 4) is 11.1 Å². The molecule has 1 atom stereocenters. The highest BCUT2D eigenvalue weighted by Crippen LogP contribution is 2.45. The molecule has 0 heterocycles. The van der Waals surface area contributed by atoms with Gasteiger partial charge in [0.15, 0.2) is 6.10 Å². The van der Waals surface area contributed by atoms with Crippen LogP contribution in [-0.4, -0.2) is 11.9 Å². The van der Waals surface area contributed by atoms with Gasteiger partial charge in [-0.3, -0.25) is 4.79 Å². The predicted octanol–water partition coefficient (Wildman–Crippen LogP) is 3.94. The Kier molecular flexibility index (Phi) is 4.21. The third-order valence-corrected chi connectivity index (χ3v) is 3.95. The van der Waals surface area contributed by atoms with E-state index in [1.54, 1.807) is 6.92 Å². The predicted molar refractivity (Wildman–Crippen MR) is 90.1 cm³/mol. The molecule has 0 bridgehead atoms. The SMILES string of the molecule is C=C(C)C(=O)OC1c2ccccc2-c2cc(COC(C)=O)ccc21. The van der Waals surface area contributed by atoms with Gasteiger partial charge in [-0.25, -0.2) is 4.79 Å². The fraction of sp³-hybridized carbons (Fsp3) is 0.200.